The molecular formula is C24H24F2N6OS. The number of rotatable bonds is 6. The van der Waals surface area contributed by atoms with Crippen LogP contribution in [0.15, 0.2) is 53.6 Å². The van der Waals surface area contributed by atoms with E-state index < -0.39 is 17.3 Å². The van der Waals surface area contributed by atoms with Gasteiger partial charge in [0.1, 0.15) is 18.0 Å². The second-order valence-electron chi connectivity index (χ2n) is 9.01. The van der Waals surface area contributed by atoms with Gasteiger partial charge < -0.3 is 10.6 Å². The Morgan fingerprint density at radius 1 is 1.12 bits per heavy atom. The van der Waals surface area contributed by atoms with Gasteiger partial charge in [0.15, 0.2) is 5.13 Å². The normalized spacial score (nSPS) is 14.9. The van der Waals surface area contributed by atoms with Crippen LogP contribution in [0.5, 0.6) is 0 Å². The third kappa shape index (κ3) is 4.26. The molecule has 7 nitrogen and oxygen atoms in total. The van der Waals surface area contributed by atoms with Gasteiger partial charge in [-0.1, -0.05) is 18.2 Å². The Morgan fingerprint density at radius 3 is 2.44 bits per heavy atom. The van der Waals surface area contributed by atoms with Crippen molar-refractivity contribution >= 4 is 16.5 Å². The third-order valence-electron chi connectivity index (χ3n) is 5.93. The van der Waals surface area contributed by atoms with Crippen LogP contribution in [-0.4, -0.2) is 38.0 Å². The van der Waals surface area contributed by atoms with Gasteiger partial charge in [0.2, 0.25) is 0 Å². The lowest BCUT2D eigenvalue weighted by Gasteiger charge is -2.45. The highest BCUT2D eigenvalue weighted by Gasteiger charge is 2.36. The van der Waals surface area contributed by atoms with E-state index in [1.807, 2.05) is 38.1 Å². The summed E-state index contributed by atoms with van der Waals surface area (Å²) in [5.41, 5.74) is 7.98. The maximum Gasteiger partial charge on any atom is 0.350 e. The SMILES string of the molecule is Cc1nc(N2CC(C)(N)C2)sc1Cc1ccc(-n2ncn(Cc3c(F)cccc3F)c2=O)cc1. The number of thiazole rings is 1. The molecule has 0 aliphatic carbocycles. The largest absolute Gasteiger partial charge is 0.350 e. The number of benzene rings is 2. The number of anilines is 1. The molecule has 34 heavy (non-hydrogen) atoms. The molecule has 0 amide bonds. The van der Waals surface area contributed by atoms with Crippen LogP contribution in [-0.2, 0) is 13.0 Å². The van der Waals surface area contributed by atoms with E-state index in [2.05, 4.69) is 10.00 Å². The van der Waals surface area contributed by atoms with Gasteiger partial charge in [-0.05, 0) is 43.7 Å². The number of aromatic nitrogens is 4. The van der Waals surface area contributed by atoms with Crippen molar-refractivity contribution < 1.29 is 8.78 Å². The van der Waals surface area contributed by atoms with Crippen LogP contribution in [0.25, 0.3) is 5.69 Å². The monoisotopic (exact) mass is 482 g/mol. The number of halogens is 2. The van der Waals surface area contributed by atoms with Gasteiger partial charge in [-0.25, -0.2) is 18.6 Å². The van der Waals surface area contributed by atoms with Crippen molar-refractivity contribution in [1.29, 1.82) is 0 Å². The maximum absolute atomic E-state index is 14.0. The zero-order chi connectivity index (χ0) is 24.0. The summed E-state index contributed by atoms with van der Waals surface area (Å²) in [6, 6.07) is 11.1. The summed E-state index contributed by atoms with van der Waals surface area (Å²) in [4.78, 5) is 20.8. The van der Waals surface area contributed by atoms with Gasteiger partial charge in [0, 0.05) is 35.5 Å². The predicted octanol–water partition coefficient (Wildman–Crippen LogP) is 3.25. The van der Waals surface area contributed by atoms with E-state index in [9.17, 15) is 13.6 Å². The molecule has 1 fully saturated rings. The molecular weight excluding hydrogens is 458 g/mol. The van der Waals surface area contributed by atoms with E-state index in [0.29, 0.717) is 5.69 Å². The highest BCUT2D eigenvalue weighted by molar-refractivity contribution is 7.15. The number of nitrogens with zero attached hydrogens (tertiary/aromatic N) is 5. The van der Waals surface area contributed by atoms with Crippen LogP contribution in [0, 0.1) is 18.6 Å². The molecule has 0 spiro atoms. The first-order chi connectivity index (χ1) is 16.2. The van der Waals surface area contributed by atoms with Crippen molar-refractivity contribution in [3.05, 3.63) is 92.6 Å². The predicted molar refractivity (Wildman–Crippen MR) is 128 cm³/mol. The second-order valence-corrected chi connectivity index (χ2v) is 10.1. The molecule has 1 aliphatic heterocycles. The molecule has 4 aromatic rings. The fraction of sp³-hybridized carbons (Fsp3) is 0.292. The number of aryl methyl sites for hydroxylation is 1. The summed E-state index contributed by atoms with van der Waals surface area (Å²) >= 11 is 1.68. The maximum atomic E-state index is 14.0. The minimum atomic E-state index is -0.698. The quantitative estimate of drug-likeness (QED) is 0.456. The van der Waals surface area contributed by atoms with E-state index in [1.54, 1.807) is 11.3 Å². The van der Waals surface area contributed by atoms with E-state index in [4.69, 9.17) is 10.7 Å². The van der Waals surface area contributed by atoms with E-state index >= 15 is 0 Å². The van der Waals surface area contributed by atoms with Crippen LogP contribution in [0.3, 0.4) is 0 Å². The Labute approximate surface area is 199 Å². The highest BCUT2D eigenvalue weighted by atomic mass is 32.1. The van der Waals surface area contributed by atoms with Crippen molar-refractivity contribution in [1.82, 2.24) is 19.3 Å². The first kappa shape index (κ1) is 22.4. The lowest BCUT2D eigenvalue weighted by molar-refractivity contribution is 0.365. The minimum Gasteiger partial charge on any atom is -0.344 e. The Hall–Kier alpha value is -3.37. The van der Waals surface area contributed by atoms with Crippen LogP contribution < -0.4 is 16.3 Å². The lowest BCUT2D eigenvalue weighted by Crippen LogP contribution is -2.65. The van der Waals surface area contributed by atoms with E-state index in [0.717, 1.165) is 35.9 Å². The van der Waals surface area contributed by atoms with Gasteiger partial charge in [0.25, 0.3) is 0 Å². The Balaban J connectivity index is 1.31. The second kappa shape index (κ2) is 8.44. The smallest absolute Gasteiger partial charge is 0.344 e. The number of nitrogens with two attached hydrogens (primary N) is 1. The minimum absolute atomic E-state index is 0.149. The molecule has 10 heteroatoms. The average Bonchev–Trinajstić information content (AvgIpc) is 3.32. The topological polar surface area (TPSA) is 82.0 Å². The molecule has 2 aromatic carbocycles. The molecule has 2 aromatic heterocycles. The molecule has 3 heterocycles. The fourth-order valence-electron chi connectivity index (χ4n) is 4.09. The molecule has 1 saturated heterocycles. The standard InChI is InChI=1S/C24H24F2N6OS/c1-15-21(34-22(29-15)31-12-24(2,27)13-31)10-16-6-8-17(9-7-16)32-23(33)30(14-28-32)11-18-19(25)4-3-5-20(18)26/h3-9,14H,10-13,27H2,1-2H3. The van der Waals surface area contributed by atoms with Gasteiger partial charge >= 0.3 is 5.69 Å². The van der Waals surface area contributed by atoms with Gasteiger partial charge in [-0.15, -0.1) is 11.3 Å². The number of hydrogen-bond donors (Lipinski definition) is 1. The molecule has 5 rings (SSSR count). The molecule has 1 aliphatic rings. The summed E-state index contributed by atoms with van der Waals surface area (Å²) in [5.74, 6) is -1.40. The van der Waals surface area contributed by atoms with Crippen LogP contribution in [0.4, 0.5) is 13.9 Å². The van der Waals surface area contributed by atoms with E-state index in [-0.39, 0.29) is 17.6 Å². The van der Waals surface area contributed by atoms with Gasteiger partial charge in [-0.3, -0.25) is 4.57 Å². The van der Waals surface area contributed by atoms with Crippen molar-refractivity contribution in [2.75, 3.05) is 18.0 Å². The van der Waals surface area contributed by atoms with Gasteiger partial charge in [-0.2, -0.15) is 9.78 Å². The van der Waals surface area contributed by atoms with Crippen molar-refractivity contribution in [2.45, 2.75) is 32.4 Å². The van der Waals surface area contributed by atoms with Crippen LogP contribution in [0.1, 0.15) is 28.6 Å². The summed E-state index contributed by atoms with van der Waals surface area (Å²) in [7, 11) is 0. The first-order valence-electron chi connectivity index (χ1n) is 10.9. The molecule has 0 bridgehead atoms. The summed E-state index contributed by atoms with van der Waals surface area (Å²) in [6.07, 6.45) is 2.01. The van der Waals surface area contributed by atoms with Crippen LogP contribution >= 0.6 is 11.3 Å². The van der Waals surface area contributed by atoms with Crippen LogP contribution in [0.2, 0.25) is 0 Å². The van der Waals surface area contributed by atoms with E-state index in [1.165, 1.54) is 38.7 Å². The zero-order valence-corrected chi connectivity index (χ0v) is 19.6. The highest BCUT2D eigenvalue weighted by Crippen LogP contribution is 2.33. The van der Waals surface area contributed by atoms with Crippen molar-refractivity contribution in [3.8, 4) is 5.69 Å². The Kier molecular flexibility index (Phi) is 5.57. The zero-order valence-electron chi connectivity index (χ0n) is 18.8. The lowest BCUT2D eigenvalue weighted by atomic mass is 9.95. The third-order valence-corrected chi connectivity index (χ3v) is 7.14. The van der Waals surface area contributed by atoms with Crippen molar-refractivity contribution in [3.63, 3.8) is 0 Å². The average molecular weight is 483 g/mol. The summed E-state index contributed by atoms with van der Waals surface area (Å²) < 4.78 is 30.3. The summed E-state index contributed by atoms with van der Waals surface area (Å²) in [5, 5.41) is 5.11. The first-order valence-corrected chi connectivity index (χ1v) is 11.7. The molecule has 0 saturated carbocycles. The molecule has 0 atom stereocenters. The van der Waals surface area contributed by atoms with Crippen molar-refractivity contribution in [2.24, 2.45) is 5.73 Å². The molecule has 2 N–H and O–H groups in total. The molecule has 0 radical (unpaired) electrons. The number of hydrogen-bond acceptors (Lipinski definition) is 6. The molecule has 0 unspecified atom stereocenters. The summed E-state index contributed by atoms with van der Waals surface area (Å²) in [6.45, 7) is 5.43. The Morgan fingerprint density at radius 2 is 1.79 bits per heavy atom. The molecule has 176 valence electrons. The fourth-order valence-corrected chi connectivity index (χ4v) is 5.18. The van der Waals surface area contributed by atoms with Gasteiger partial charge in [0.05, 0.1) is 17.9 Å². The Bertz CT molecular complexity index is 1380.